The molecule has 2 aromatic rings. The maximum Gasteiger partial charge on any atom is 0.180 e. The van der Waals surface area contributed by atoms with Crippen LogP contribution in [0.3, 0.4) is 0 Å². The summed E-state index contributed by atoms with van der Waals surface area (Å²) >= 11 is 0. The van der Waals surface area contributed by atoms with Gasteiger partial charge in [0, 0.05) is 12.1 Å². The normalized spacial score (nSPS) is 18.6. The zero-order valence-corrected chi connectivity index (χ0v) is 14.9. The third-order valence-electron chi connectivity index (χ3n) is 4.21. The van der Waals surface area contributed by atoms with Crippen molar-refractivity contribution in [1.29, 1.82) is 0 Å². The van der Waals surface area contributed by atoms with Crippen LogP contribution in [0.2, 0.25) is 0 Å². The summed E-state index contributed by atoms with van der Waals surface area (Å²) in [5, 5.41) is 1.94. The molecular formula is C19H23NO5. The number of ether oxygens (including phenoxy) is 4. The number of nitrogens with zero attached hydrogens (tertiary/aromatic N) is 1. The van der Waals surface area contributed by atoms with E-state index >= 15 is 0 Å². The Kier molecular flexibility index (Phi) is 5.31. The van der Waals surface area contributed by atoms with Gasteiger partial charge < -0.3 is 18.9 Å². The van der Waals surface area contributed by atoms with Crippen molar-refractivity contribution in [1.82, 2.24) is 5.06 Å². The van der Waals surface area contributed by atoms with E-state index in [1.165, 1.54) is 5.56 Å². The topological polar surface area (TPSA) is 52.5 Å². The van der Waals surface area contributed by atoms with E-state index < -0.39 is 0 Å². The predicted octanol–water partition coefficient (Wildman–Crippen LogP) is 3.21. The van der Waals surface area contributed by atoms with Crippen LogP contribution in [0.25, 0.3) is 0 Å². The highest BCUT2D eigenvalue weighted by Crippen LogP contribution is 2.40. The fourth-order valence-electron chi connectivity index (χ4n) is 2.78. The number of benzene rings is 2. The average Bonchev–Trinajstić information content (AvgIpc) is 3.45. The van der Waals surface area contributed by atoms with E-state index in [1.807, 2.05) is 41.5 Å². The highest BCUT2D eigenvalue weighted by Gasteiger charge is 2.37. The molecule has 0 bridgehead atoms. The summed E-state index contributed by atoms with van der Waals surface area (Å²) < 4.78 is 21.2. The molecule has 1 aliphatic heterocycles. The molecule has 1 saturated heterocycles. The van der Waals surface area contributed by atoms with Crippen LogP contribution in [0.1, 0.15) is 17.4 Å². The molecule has 0 radical (unpaired) electrons. The summed E-state index contributed by atoms with van der Waals surface area (Å²) in [5.41, 5.74) is 2.21. The second-order valence-electron chi connectivity index (χ2n) is 5.65. The van der Waals surface area contributed by atoms with Gasteiger partial charge in [-0.05, 0) is 36.2 Å². The Labute approximate surface area is 147 Å². The van der Waals surface area contributed by atoms with E-state index in [0.29, 0.717) is 11.5 Å². The monoisotopic (exact) mass is 345 g/mol. The number of hydroxylamine groups is 2. The Morgan fingerprint density at radius 2 is 1.40 bits per heavy atom. The van der Waals surface area contributed by atoms with E-state index in [-0.39, 0.29) is 6.23 Å². The SMILES string of the molecule is COc1ccc(CCN2O[C@H]2c2ccc(OC)c(OC)c2)cc1OC. The second-order valence-corrected chi connectivity index (χ2v) is 5.65. The third kappa shape index (κ3) is 3.81. The smallest absolute Gasteiger partial charge is 0.180 e. The van der Waals surface area contributed by atoms with Crippen molar-refractivity contribution in [3.05, 3.63) is 47.5 Å². The zero-order chi connectivity index (χ0) is 17.8. The molecule has 0 N–H and O–H groups in total. The van der Waals surface area contributed by atoms with Crippen LogP contribution in [-0.2, 0) is 11.3 Å². The predicted molar refractivity (Wildman–Crippen MR) is 93.3 cm³/mol. The van der Waals surface area contributed by atoms with E-state index in [0.717, 1.165) is 30.0 Å². The van der Waals surface area contributed by atoms with E-state index in [4.69, 9.17) is 23.8 Å². The molecule has 1 aliphatic rings. The van der Waals surface area contributed by atoms with E-state index in [2.05, 4.69) is 0 Å². The molecule has 6 nitrogen and oxygen atoms in total. The van der Waals surface area contributed by atoms with Gasteiger partial charge in [0.2, 0.25) is 0 Å². The first kappa shape index (κ1) is 17.4. The molecule has 3 rings (SSSR count). The average molecular weight is 345 g/mol. The molecule has 1 heterocycles. The van der Waals surface area contributed by atoms with Gasteiger partial charge in [-0.25, -0.2) is 0 Å². The zero-order valence-electron chi connectivity index (χ0n) is 14.9. The summed E-state index contributed by atoms with van der Waals surface area (Å²) in [6.45, 7) is 0.786. The van der Waals surface area contributed by atoms with Gasteiger partial charge in [-0.2, -0.15) is 5.06 Å². The lowest BCUT2D eigenvalue weighted by atomic mass is 10.1. The lowest BCUT2D eigenvalue weighted by molar-refractivity contribution is 0.200. The molecular weight excluding hydrogens is 322 g/mol. The van der Waals surface area contributed by atoms with Crippen LogP contribution < -0.4 is 18.9 Å². The van der Waals surface area contributed by atoms with Crippen molar-refractivity contribution in [3.8, 4) is 23.0 Å². The van der Waals surface area contributed by atoms with Crippen LogP contribution in [-0.4, -0.2) is 40.0 Å². The molecule has 1 unspecified atom stereocenters. The first-order valence-electron chi connectivity index (χ1n) is 8.06. The van der Waals surface area contributed by atoms with Crippen molar-refractivity contribution in [3.63, 3.8) is 0 Å². The standard InChI is InChI=1S/C19H23NO5/c1-21-15-7-5-13(11-17(15)23-3)9-10-20-19(25-20)14-6-8-16(22-2)18(12-14)24-4/h5-8,11-12,19H,9-10H2,1-4H3/t19-,20?/m0/s1. The van der Waals surface area contributed by atoms with Crippen LogP contribution in [0.4, 0.5) is 0 Å². The second kappa shape index (κ2) is 7.63. The molecule has 0 aromatic heterocycles. The summed E-state index contributed by atoms with van der Waals surface area (Å²) in [7, 11) is 6.53. The molecule has 25 heavy (non-hydrogen) atoms. The Hall–Kier alpha value is -2.44. The van der Waals surface area contributed by atoms with Crippen molar-refractivity contribution in [2.24, 2.45) is 0 Å². The molecule has 1 fully saturated rings. The van der Waals surface area contributed by atoms with Crippen LogP contribution in [0.5, 0.6) is 23.0 Å². The van der Waals surface area contributed by atoms with Gasteiger partial charge in [0.25, 0.3) is 0 Å². The largest absolute Gasteiger partial charge is 0.493 e. The molecule has 0 aliphatic carbocycles. The highest BCUT2D eigenvalue weighted by atomic mass is 16.8. The van der Waals surface area contributed by atoms with Gasteiger partial charge in [0.15, 0.2) is 29.2 Å². The summed E-state index contributed by atoms with van der Waals surface area (Å²) in [6, 6.07) is 11.8. The lowest BCUT2D eigenvalue weighted by Gasteiger charge is -2.09. The Balaban J connectivity index is 1.60. The number of hydrogen-bond donors (Lipinski definition) is 0. The van der Waals surface area contributed by atoms with Crippen molar-refractivity contribution in [2.75, 3.05) is 35.0 Å². The lowest BCUT2D eigenvalue weighted by Crippen LogP contribution is -2.05. The van der Waals surface area contributed by atoms with E-state index in [9.17, 15) is 0 Å². The minimum atomic E-state index is -0.0417. The number of hydrogen-bond acceptors (Lipinski definition) is 6. The van der Waals surface area contributed by atoms with Gasteiger partial charge >= 0.3 is 0 Å². The van der Waals surface area contributed by atoms with Gasteiger partial charge in [-0.15, -0.1) is 0 Å². The van der Waals surface area contributed by atoms with Crippen LogP contribution in [0.15, 0.2) is 36.4 Å². The molecule has 2 aromatic carbocycles. The molecule has 2 atom stereocenters. The molecule has 0 amide bonds. The van der Waals surface area contributed by atoms with Crippen molar-refractivity contribution < 1.29 is 23.8 Å². The molecule has 134 valence electrons. The Morgan fingerprint density at radius 3 is 2.04 bits per heavy atom. The van der Waals surface area contributed by atoms with Crippen molar-refractivity contribution in [2.45, 2.75) is 12.6 Å². The molecule has 0 saturated carbocycles. The number of methoxy groups -OCH3 is 4. The van der Waals surface area contributed by atoms with Gasteiger partial charge in [0.1, 0.15) is 0 Å². The van der Waals surface area contributed by atoms with Crippen molar-refractivity contribution >= 4 is 0 Å². The molecule has 0 spiro atoms. The highest BCUT2D eigenvalue weighted by molar-refractivity contribution is 5.44. The Morgan fingerprint density at radius 1 is 0.800 bits per heavy atom. The Bertz CT molecular complexity index is 734. The van der Waals surface area contributed by atoms with Gasteiger partial charge in [0.05, 0.1) is 28.4 Å². The summed E-state index contributed by atoms with van der Waals surface area (Å²) in [4.78, 5) is 5.68. The van der Waals surface area contributed by atoms with Crippen LogP contribution in [0, 0.1) is 0 Å². The van der Waals surface area contributed by atoms with Gasteiger partial charge in [-0.1, -0.05) is 12.1 Å². The third-order valence-corrected chi connectivity index (χ3v) is 4.21. The molecule has 6 heteroatoms. The fourth-order valence-corrected chi connectivity index (χ4v) is 2.78. The quantitative estimate of drug-likeness (QED) is 0.685. The summed E-state index contributed by atoms with van der Waals surface area (Å²) in [6.07, 6.45) is 0.810. The van der Waals surface area contributed by atoms with Crippen LogP contribution >= 0.6 is 0 Å². The summed E-state index contributed by atoms with van der Waals surface area (Å²) in [5.74, 6) is 2.89. The maximum atomic E-state index is 5.68. The minimum Gasteiger partial charge on any atom is -0.493 e. The number of rotatable bonds is 8. The fraction of sp³-hybridized carbons (Fsp3) is 0.368. The first-order valence-corrected chi connectivity index (χ1v) is 8.06. The minimum absolute atomic E-state index is 0.0417. The first-order chi connectivity index (χ1) is 12.2. The maximum absolute atomic E-state index is 5.68. The van der Waals surface area contributed by atoms with Gasteiger partial charge in [-0.3, -0.25) is 4.84 Å². The van der Waals surface area contributed by atoms with E-state index in [1.54, 1.807) is 28.4 Å².